The number of aryl methyl sites for hydroxylation is 1. The summed E-state index contributed by atoms with van der Waals surface area (Å²) in [5, 5.41) is 3.15. The summed E-state index contributed by atoms with van der Waals surface area (Å²) in [6.45, 7) is 2.20. The van der Waals surface area contributed by atoms with Crippen LogP contribution in [0.5, 0.6) is 0 Å². The minimum absolute atomic E-state index is 0.341. The molecule has 1 amide bonds. The van der Waals surface area contributed by atoms with E-state index in [1.54, 1.807) is 54.3 Å². The average molecular weight is 360 g/mol. The molecule has 3 N–H and O–H groups in total. The fraction of sp³-hybridized carbons (Fsp3) is 0.105. The van der Waals surface area contributed by atoms with Crippen LogP contribution in [0.4, 0.5) is 0 Å². The molecule has 134 valence electrons. The molecule has 3 heterocycles. The number of aromatic amines is 1. The molecule has 27 heavy (non-hydrogen) atoms. The molecule has 0 spiro atoms. The molecule has 8 nitrogen and oxygen atoms in total. The average Bonchev–Trinajstić information content (AvgIpc) is 2.98. The van der Waals surface area contributed by atoms with Crippen molar-refractivity contribution in [3.63, 3.8) is 0 Å². The van der Waals surface area contributed by atoms with Crippen LogP contribution >= 0.6 is 0 Å². The summed E-state index contributed by atoms with van der Waals surface area (Å²) in [5.74, 6) is 0.357. The van der Waals surface area contributed by atoms with E-state index in [0.717, 1.165) is 5.56 Å². The van der Waals surface area contributed by atoms with E-state index in [2.05, 4.69) is 20.1 Å². The van der Waals surface area contributed by atoms with Crippen molar-refractivity contribution in [1.29, 1.82) is 0 Å². The van der Waals surface area contributed by atoms with Gasteiger partial charge >= 0.3 is 0 Å². The summed E-state index contributed by atoms with van der Waals surface area (Å²) in [7, 11) is 0. The molecule has 0 saturated heterocycles. The van der Waals surface area contributed by atoms with Crippen LogP contribution in [0.2, 0.25) is 0 Å². The number of benzene rings is 1. The molecule has 0 fully saturated rings. The molecule has 8 heteroatoms. The number of carbonyl (C=O) groups is 1. The predicted molar refractivity (Wildman–Crippen MR) is 99.3 cm³/mol. The highest BCUT2D eigenvalue weighted by Gasteiger charge is 2.21. The van der Waals surface area contributed by atoms with Crippen molar-refractivity contribution in [2.45, 2.75) is 13.5 Å². The highest BCUT2D eigenvalue weighted by atomic mass is 16.1. The van der Waals surface area contributed by atoms with Gasteiger partial charge in [0.1, 0.15) is 5.56 Å². The van der Waals surface area contributed by atoms with Crippen LogP contribution < -0.4 is 11.3 Å². The molecule has 0 saturated carbocycles. The summed E-state index contributed by atoms with van der Waals surface area (Å²) in [6.07, 6.45) is 3.25. The van der Waals surface area contributed by atoms with E-state index in [9.17, 15) is 9.59 Å². The van der Waals surface area contributed by atoms with E-state index in [1.165, 1.54) is 0 Å². The molecule has 2 aliphatic heterocycles. The van der Waals surface area contributed by atoms with Crippen LogP contribution in [0.1, 0.15) is 21.6 Å². The van der Waals surface area contributed by atoms with Gasteiger partial charge in [-0.3, -0.25) is 19.3 Å². The van der Waals surface area contributed by atoms with Crippen LogP contribution in [0, 0.1) is 6.92 Å². The Morgan fingerprint density at radius 3 is 2.70 bits per heavy atom. The van der Waals surface area contributed by atoms with Gasteiger partial charge in [-0.15, -0.1) is 0 Å². The molecule has 0 bridgehead atoms. The minimum Gasteiger partial charge on any atom is -0.366 e. The number of fused-ring (bicyclic) bond motifs is 1. The van der Waals surface area contributed by atoms with Crippen molar-refractivity contribution in [2.24, 2.45) is 5.73 Å². The number of nitrogens with two attached hydrogens (primary N) is 1. The number of primary amides is 1. The fourth-order valence-electron chi connectivity index (χ4n) is 3.01. The lowest BCUT2D eigenvalue weighted by atomic mass is 10.1. The fourth-order valence-corrected chi connectivity index (χ4v) is 3.01. The molecule has 0 unspecified atom stereocenters. The molecule has 4 rings (SSSR count). The first kappa shape index (κ1) is 16.6. The van der Waals surface area contributed by atoms with Crippen molar-refractivity contribution < 1.29 is 4.79 Å². The molecule has 0 atom stereocenters. The third-order valence-electron chi connectivity index (χ3n) is 4.28. The largest absolute Gasteiger partial charge is 0.366 e. The quantitative estimate of drug-likeness (QED) is 0.573. The van der Waals surface area contributed by atoms with Gasteiger partial charge in [-0.25, -0.2) is 4.98 Å². The highest BCUT2D eigenvalue weighted by molar-refractivity contribution is 5.92. The molecule has 2 aliphatic rings. The van der Waals surface area contributed by atoms with E-state index in [0.29, 0.717) is 40.6 Å². The Morgan fingerprint density at radius 2 is 1.96 bits per heavy atom. The molecule has 0 radical (unpaired) electrons. The molecule has 1 aromatic heterocycles. The number of rotatable bonds is 4. The number of pyridine rings is 1. The number of carbonyl (C=O) groups excluding carboxylic acids is 1. The number of hydrogen-bond donors (Lipinski definition) is 2. The molecule has 0 aliphatic carbocycles. The van der Waals surface area contributed by atoms with Gasteiger partial charge in [0, 0.05) is 29.2 Å². The van der Waals surface area contributed by atoms with E-state index >= 15 is 0 Å². The molecule has 2 aromatic rings. The normalized spacial score (nSPS) is 11.0. The first-order valence-electron chi connectivity index (χ1n) is 8.29. The van der Waals surface area contributed by atoms with Crippen LogP contribution in [-0.2, 0) is 6.54 Å². The summed E-state index contributed by atoms with van der Waals surface area (Å²) in [5.41, 5.74) is 8.14. The van der Waals surface area contributed by atoms with Gasteiger partial charge < -0.3 is 10.8 Å². The number of hydrogen-bond acceptors (Lipinski definition) is 5. The molecular weight excluding hydrogens is 344 g/mol. The predicted octanol–water partition coefficient (Wildman–Crippen LogP) is 1.59. The highest BCUT2D eigenvalue weighted by Crippen LogP contribution is 2.23. The van der Waals surface area contributed by atoms with Crippen LogP contribution in [0.15, 0.2) is 53.6 Å². The number of H-pyrrole nitrogens is 1. The van der Waals surface area contributed by atoms with Crippen molar-refractivity contribution in [1.82, 2.24) is 24.7 Å². The summed E-state index contributed by atoms with van der Waals surface area (Å²) >= 11 is 0. The zero-order valence-electron chi connectivity index (χ0n) is 14.5. The maximum absolute atomic E-state index is 12.5. The Bertz CT molecular complexity index is 1160. The van der Waals surface area contributed by atoms with E-state index in [-0.39, 0.29) is 5.56 Å². The Morgan fingerprint density at radius 1 is 1.19 bits per heavy atom. The van der Waals surface area contributed by atoms with Crippen molar-refractivity contribution in [3.05, 3.63) is 76.0 Å². The van der Waals surface area contributed by atoms with Gasteiger partial charge in [0.15, 0.2) is 11.6 Å². The SMILES string of the molecule is Cc1[nH]n(Cc2cccc(C(N)=O)c2)c2nc(-c3ccncc3)nc(=O)c1-2. The Hall–Kier alpha value is -3.81. The van der Waals surface area contributed by atoms with Crippen LogP contribution in [0.3, 0.4) is 0 Å². The topological polar surface area (TPSA) is 120 Å². The summed E-state index contributed by atoms with van der Waals surface area (Å²) < 4.78 is 1.76. The Labute approximate surface area is 154 Å². The second-order valence-electron chi connectivity index (χ2n) is 6.17. The lowest BCUT2D eigenvalue weighted by molar-refractivity contribution is 0.1000. The summed E-state index contributed by atoms with van der Waals surface area (Å²) in [4.78, 5) is 36.6. The first-order chi connectivity index (χ1) is 13.0. The first-order valence-corrected chi connectivity index (χ1v) is 8.29. The second-order valence-corrected chi connectivity index (χ2v) is 6.17. The van der Waals surface area contributed by atoms with Gasteiger partial charge in [-0.1, -0.05) is 12.1 Å². The number of nitrogens with zero attached hydrogens (tertiary/aromatic N) is 4. The lowest BCUT2D eigenvalue weighted by Crippen LogP contribution is -2.16. The standard InChI is InChI=1S/C19H16N6O2/c1-11-15-18(22-17(23-19(15)27)13-5-7-21-8-6-13)25(24-11)10-12-3-2-4-14(9-12)16(20)26/h2-9,24H,10H2,1H3,(H2,20,26). The Balaban J connectivity index is 1.82. The monoisotopic (exact) mass is 360 g/mol. The van der Waals surface area contributed by atoms with Crippen molar-refractivity contribution in [3.8, 4) is 22.8 Å². The number of aromatic nitrogens is 5. The third-order valence-corrected chi connectivity index (χ3v) is 4.28. The second kappa shape index (κ2) is 6.49. The zero-order chi connectivity index (χ0) is 19.0. The molecular formula is C19H16N6O2. The van der Waals surface area contributed by atoms with Gasteiger partial charge in [0.2, 0.25) is 5.91 Å². The van der Waals surface area contributed by atoms with E-state index in [4.69, 9.17) is 5.73 Å². The van der Waals surface area contributed by atoms with E-state index < -0.39 is 5.91 Å². The third kappa shape index (κ3) is 3.08. The minimum atomic E-state index is -0.487. The van der Waals surface area contributed by atoms with Gasteiger partial charge in [0.05, 0.1) is 6.54 Å². The van der Waals surface area contributed by atoms with Gasteiger partial charge in [-0.05, 0) is 36.8 Å². The smallest absolute Gasteiger partial charge is 0.284 e. The lowest BCUT2D eigenvalue weighted by Gasteiger charge is -2.08. The van der Waals surface area contributed by atoms with E-state index in [1.807, 2.05) is 6.07 Å². The van der Waals surface area contributed by atoms with Crippen LogP contribution in [0.25, 0.3) is 22.8 Å². The zero-order valence-corrected chi connectivity index (χ0v) is 14.5. The number of nitrogens with one attached hydrogen (secondary N) is 1. The maximum Gasteiger partial charge on any atom is 0.284 e. The van der Waals surface area contributed by atoms with Gasteiger partial charge in [0.25, 0.3) is 5.56 Å². The van der Waals surface area contributed by atoms with Crippen LogP contribution in [-0.4, -0.2) is 30.6 Å². The Kier molecular flexibility index (Phi) is 4.00. The maximum atomic E-state index is 12.5. The van der Waals surface area contributed by atoms with Crippen molar-refractivity contribution >= 4 is 5.91 Å². The van der Waals surface area contributed by atoms with Crippen molar-refractivity contribution in [2.75, 3.05) is 0 Å². The molecule has 1 aromatic carbocycles. The number of amides is 1. The summed E-state index contributed by atoms with van der Waals surface area (Å²) in [6, 6.07) is 10.5. The van der Waals surface area contributed by atoms with Gasteiger partial charge in [-0.2, -0.15) is 4.98 Å².